The van der Waals surface area contributed by atoms with Crippen LogP contribution in [0.4, 0.5) is 23.7 Å². The Morgan fingerprint density at radius 3 is 2.56 bits per heavy atom. The lowest BCUT2D eigenvalue weighted by Gasteiger charge is -2.34. The van der Waals surface area contributed by atoms with E-state index in [2.05, 4.69) is 15.2 Å². The normalized spacial score (nSPS) is 15.6. The first-order valence-corrected chi connectivity index (χ1v) is 8.74. The van der Waals surface area contributed by atoms with Crippen LogP contribution >= 0.6 is 11.6 Å². The summed E-state index contributed by atoms with van der Waals surface area (Å²) in [5.41, 5.74) is 0.184. The predicted molar refractivity (Wildman–Crippen MR) is 96.6 cm³/mol. The van der Waals surface area contributed by atoms with E-state index >= 15 is 0 Å². The van der Waals surface area contributed by atoms with Gasteiger partial charge < -0.3 is 10.2 Å². The second kappa shape index (κ2) is 8.14. The number of hydrogen-bond acceptors (Lipinski definition) is 3. The van der Waals surface area contributed by atoms with Crippen LogP contribution in [-0.4, -0.2) is 47.0 Å². The number of benzene rings is 1. The van der Waals surface area contributed by atoms with Crippen molar-refractivity contribution >= 4 is 23.3 Å². The lowest BCUT2D eigenvalue weighted by molar-refractivity contribution is -0.137. The average Bonchev–Trinajstić information content (AvgIpc) is 2.64. The van der Waals surface area contributed by atoms with Crippen molar-refractivity contribution in [2.24, 2.45) is 0 Å². The second-order valence-corrected chi connectivity index (χ2v) is 6.65. The van der Waals surface area contributed by atoms with Gasteiger partial charge in [-0.15, -0.1) is 0 Å². The highest BCUT2D eigenvalue weighted by Gasteiger charge is 2.31. The summed E-state index contributed by atoms with van der Waals surface area (Å²) in [6.45, 7) is 3.02. The molecule has 0 radical (unpaired) electrons. The van der Waals surface area contributed by atoms with Crippen LogP contribution in [0.15, 0.2) is 42.7 Å². The molecule has 2 aromatic rings. The molecule has 1 saturated heterocycles. The fraction of sp³-hybridized carbons (Fsp3) is 0.333. The standard InChI is InChI=1S/C18H18ClF3N4O/c19-15-4-3-14(18(20,21)22)10-16(15)24-17(27)26-8-6-25(7-9-26)12-13-2-1-5-23-11-13/h1-5,10-11H,6-9,12H2,(H,24,27). The lowest BCUT2D eigenvalue weighted by atomic mass is 10.2. The molecule has 3 rings (SSSR count). The summed E-state index contributed by atoms with van der Waals surface area (Å²) < 4.78 is 38.5. The van der Waals surface area contributed by atoms with Gasteiger partial charge in [0, 0.05) is 45.1 Å². The number of halogens is 4. The van der Waals surface area contributed by atoms with Crippen LogP contribution in [-0.2, 0) is 12.7 Å². The minimum Gasteiger partial charge on any atom is -0.322 e. The highest BCUT2D eigenvalue weighted by atomic mass is 35.5. The van der Waals surface area contributed by atoms with Crippen LogP contribution in [0, 0.1) is 0 Å². The molecule has 2 heterocycles. The van der Waals surface area contributed by atoms with Crippen molar-refractivity contribution in [1.29, 1.82) is 0 Å². The van der Waals surface area contributed by atoms with Gasteiger partial charge >= 0.3 is 12.2 Å². The van der Waals surface area contributed by atoms with Crippen LogP contribution in [0.1, 0.15) is 11.1 Å². The molecule has 1 aliphatic heterocycles. The van der Waals surface area contributed by atoms with Gasteiger partial charge in [0.05, 0.1) is 16.3 Å². The van der Waals surface area contributed by atoms with Crippen molar-refractivity contribution in [2.45, 2.75) is 12.7 Å². The van der Waals surface area contributed by atoms with Gasteiger partial charge in [0.15, 0.2) is 0 Å². The number of carbonyl (C=O) groups is 1. The molecule has 5 nitrogen and oxygen atoms in total. The van der Waals surface area contributed by atoms with Gasteiger partial charge in [-0.3, -0.25) is 9.88 Å². The number of nitrogens with one attached hydrogen (secondary N) is 1. The maximum Gasteiger partial charge on any atom is 0.416 e. The van der Waals surface area contributed by atoms with E-state index < -0.39 is 17.8 Å². The number of amides is 2. The molecule has 0 atom stereocenters. The number of aromatic nitrogens is 1. The lowest BCUT2D eigenvalue weighted by Crippen LogP contribution is -2.49. The van der Waals surface area contributed by atoms with E-state index in [1.807, 2.05) is 12.1 Å². The summed E-state index contributed by atoms with van der Waals surface area (Å²) >= 11 is 5.93. The van der Waals surface area contributed by atoms with E-state index in [9.17, 15) is 18.0 Å². The van der Waals surface area contributed by atoms with Crippen LogP contribution in [0.2, 0.25) is 5.02 Å². The van der Waals surface area contributed by atoms with E-state index in [-0.39, 0.29) is 10.7 Å². The quantitative estimate of drug-likeness (QED) is 0.846. The Kier molecular flexibility index (Phi) is 5.86. The third-order valence-corrected chi connectivity index (χ3v) is 4.65. The number of anilines is 1. The van der Waals surface area contributed by atoms with Crippen molar-refractivity contribution in [3.05, 3.63) is 58.9 Å². The molecule has 0 aliphatic carbocycles. The van der Waals surface area contributed by atoms with E-state index in [1.165, 1.54) is 0 Å². The van der Waals surface area contributed by atoms with Crippen molar-refractivity contribution in [3.8, 4) is 0 Å². The van der Waals surface area contributed by atoms with Crippen molar-refractivity contribution in [2.75, 3.05) is 31.5 Å². The molecular formula is C18H18ClF3N4O. The number of pyridine rings is 1. The molecule has 0 unspecified atom stereocenters. The van der Waals surface area contributed by atoms with Crippen LogP contribution < -0.4 is 5.32 Å². The third kappa shape index (κ3) is 5.11. The molecule has 0 bridgehead atoms. The topological polar surface area (TPSA) is 48.5 Å². The Balaban J connectivity index is 1.57. The molecule has 1 aromatic carbocycles. The van der Waals surface area contributed by atoms with E-state index in [0.29, 0.717) is 26.2 Å². The van der Waals surface area contributed by atoms with Gasteiger partial charge in [0.1, 0.15) is 0 Å². The van der Waals surface area contributed by atoms with Gasteiger partial charge in [0.25, 0.3) is 0 Å². The number of nitrogens with zero attached hydrogens (tertiary/aromatic N) is 3. The largest absolute Gasteiger partial charge is 0.416 e. The first-order chi connectivity index (χ1) is 12.8. The number of urea groups is 1. The molecule has 1 N–H and O–H groups in total. The molecule has 9 heteroatoms. The highest BCUT2D eigenvalue weighted by molar-refractivity contribution is 6.33. The fourth-order valence-electron chi connectivity index (χ4n) is 2.85. The van der Waals surface area contributed by atoms with Gasteiger partial charge in [-0.25, -0.2) is 4.79 Å². The minimum atomic E-state index is -4.50. The fourth-order valence-corrected chi connectivity index (χ4v) is 3.02. The summed E-state index contributed by atoms with van der Waals surface area (Å²) in [4.78, 5) is 20.2. The smallest absolute Gasteiger partial charge is 0.322 e. The van der Waals surface area contributed by atoms with Gasteiger partial charge in [0.2, 0.25) is 0 Å². The van der Waals surface area contributed by atoms with E-state index in [0.717, 1.165) is 30.3 Å². The molecule has 2 amide bonds. The summed E-state index contributed by atoms with van der Waals surface area (Å²) in [5, 5.41) is 2.55. The molecule has 1 aromatic heterocycles. The zero-order valence-corrected chi connectivity index (χ0v) is 15.1. The van der Waals surface area contributed by atoms with E-state index in [1.54, 1.807) is 17.3 Å². The molecule has 1 aliphatic rings. The Morgan fingerprint density at radius 2 is 1.93 bits per heavy atom. The highest BCUT2D eigenvalue weighted by Crippen LogP contribution is 2.33. The Hall–Kier alpha value is -2.32. The monoisotopic (exact) mass is 398 g/mol. The van der Waals surface area contributed by atoms with Gasteiger partial charge in [-0.1, -0.05) is 17.7 Å². The zero-order valence-electron chi connectivity index (χ0n) is 14.3. The summed E-state index contributed by atoms with van der Waals surface area (Å²) in [6, 6.07) is 6.26. The summed E-state index contributed by atoms with van der Waals surface area (Å²) in [5.74, 6) is 0. The molecular weight excluding hydrogens is 381 g/mol. The van der Waals surface area contributed by atoms with E-state index in [4.69, 9.17) is 11.6 Å². The number of carbonyl (C=O) groups excluding carboxylic acids is 1. The molecule has 0 saturated carbocycles. The Morgan fingerprint density at radius 1 is 1.19 bits per heavy atom. The second-order valence-electron chi connectivity index (χ2n) is 6.25. The summed E-state index contributed by atoms with van der Waals surface area (Å²) in [6.07, 6.45) is -0.985. The maximum atomic E-state index is 12.8. The number of piperazine rings is 1. The molecule has 144 valence electrons. The average molecular weight is 399 g/mol. The van der Waals surface area contributed by atoms with Crippen LogP contribution in [0.5, 0.6) is 0 Å². The van der Waals surface area contributed by atoms with Gasteiger partial charge in [-0.2, -0.15) is 13.2 Å². The number of hydrogen-bond donors (Lipinski definition) is 1. The summed E-state index contributed by atoms with van der Waals surface area (Å²) in [7, 11) is 0. The SMILES string of the molecule is O=C(Nc1cc(C(F)(F)F)ccc1Cl)N1CCN(Cc2cccnc2)CC1. The Bertz CT molecular complexity index is 793. The van der Waals surface area contributed by atoms with Crippen LogP contribution in [0.25, 0.3) is 0 Å². The van der Waals surface area contributed by atoms with Crippen molar-refractivity contribution in [3.63, 3.8) is 0 Å². The number of rotatable bonds is 3. The zero-order chi connectivity index (χ0) is 19.4. The van der Waals surface area contributed by atoms with Crippen molar-refractivity contribution in [1.82, 2.24) is 14.8 Å². The predicted octanol–water partition coefficient (Wildman–Crippen LogP) is 4.10. The molecule has 1 fully saturated rings. The minimum absolute atomic E-state index is 0.0470. The molecule has 0 spiro atoms. The number of alkyl halides is 3. The first-order valence-electron chi connectivity index (χ1n) is 8.37. The first kappa shape index (κ1) is 19.4. The molecule has 27 heavy (non-hydrogen) atoms. The Labute approximate surface area is 159 Å². The third-order valence-electron chi connectivity index (χ3n) is 4.32. The maximum absolute atomic E-state index is 12.8. The van der Waals surface area contributed by atoms with Crippen LogP contribution in [0.3, 0.4) is 0 Å². The van der Waals surface area contributed by atoms with Gasteiger partial charge in [-0.05, 0) is 29.8 Å². The van der Waals surface area contributed by atoms with Crippen molar-refractivity contribution < 1.29 is 18.0 Å².